The van der Waals surface area contributed by atoms with E-state index in [1.165, 1.54) is 23.5 Å². The van der Waals surface area contributed by atoms with Crippen LogP contribution in [0, 0.1) is 6.92 Å². The van der Waals surface area contributed by atoms with E-state index >= 15 is 0 Å². The maximum atomic E-state index is 12.7. The number of amidine groups is 1. The van der Waals surface area contributed by atoms with Crippen molar-refractivity contribution in [1.29, 1.82) is 0 Å². The molecule has 0 saturated carbocycles. The third kappa shape index (κ3) is 3.88. The number of aliphatic imine (C=N–C) groups is 1. The smallest absolute Gasteiger partial charge is 0.382 e. The summed E-state index contributed by atoms with van der Waals surface area (Å²) in [5, 5.41) is 0.879. The Bertz CT molecular complexity index is 912. The van der Waals surface area contributed by atoms with E-state index in [1.807, 2.05) is 6.92 Å². The summed E-state index contributed by atoms with van der Waals surface area (Å²) >= 11 is 1.43. The van der Waals surface area contributed by atoms with Gasteiger partial charge in [-0.3, -0.25) is 0 Å². The lowest BCUT2D eigenvalue weighted by Gasteiger charge is -2.09. The van der Waals surface area contributed by atoms with Gasteiger partial charge in [-0.05, 0) is 30.7 Å². The standard InChI is InChI=1S/C18H14F3N3S/c1-11-23-10-16(25-11)17(22)24-15-5-3-2-4-14(15)12-6-8-13(9-7-12)18(19,20)21/h2-10H,1H3,(H2,22,24). The lowest BCUT2D eigenvalue weighted by Crippen LogP contribution is -2.10. The SMILES string of the molecule is Cc1ncc(C(N)=Nc2ccccc2-c2ccc(C(F)(F)F)cc2)s1. The molecule has 0 unspecified atom stereocenters. The van der Waals surface area contributed by atoms with Crippen molar-refractivity contribution in [2.24, 2.45) is 10.7 Å². The highest BCUT2D eigenvalue weighted by atomic mass is 32.1. The van der Waals surface area contributed by atoms with Gasteiger partial charge in [0.25, 0.3) is 0 Å². The Balaban J connectivity index is 1.99. The minimum Gasteiger partial charge on any atom is -0.382 e. The Morgan fingerprint density at radius 2 is 1.76 bits per heavy atom. The zero-order chi connectivity index (χ0) is 18.0. The van der Waals surface area contributed by atoms with Crippen molar-refractivity contribution in [3.05, 3.63) is 70.2 Å². The van der Waals surface area contributed by atoms with Crippen LogP contribution in [0.15, 0.2) is 59.7 Å². The Kier molecular flexibility index (Phi) is 4.59. The van der Waals surface area contributed by atoms with Crippen molar-refractivity contribution in [2.45, 2.75) is 13.1 Å². The molecule has 0 aliphatic heterocycles. The Labute approximate surface area is 146 Å². The predicted octanol–water partition coefficient (Wildman–Crippen LogP) is 5.17. The zero-order valence-corrected chi connectivity index (χ0v) is 14.0. The monoisotopic (exact) mass is 361 g/mol. The van der Waals surface area contributed by atoms with Gasteiger partial charge < -0.3 is 5.73 Å². The van der Waals surface area contributed by atoms with Crippen LogP contribution in [0.25, 0.3) is 11.1 Å². The summed E-state index contributed by atoms with van der Waals surface area (Å²) in [4.78, 5) is 9.33. The van der Waals surface area contributed by atoms with E-state index in [1.54, 1.807) is 30.5 Å². The first-order chi connectivity index (χ1) is 11.8. The van der Waals surface area contributed by atoms with Crippen molar-refractivity contribution < 1.29 is 13.2 Å². The number of hydrogen-bond donors (Lipinski definition) is 1. The van der Waals surface area contributed by atoms with E-state index in [0.717, 1.165) is 22.0 Å². The van der Waals surface area contributed by atoms with Crippen LogP contribution in [0.1, 0.15) is 15.4 Å². The lowest BCUT2D eigenvalue weighted by molar-refractivity contribution is -0.137. The van der Waals surface area contributed by atoms with Gasteiger partial charge in [0.15, 0.2) is 0 Å². The molecular weight excluding hydrogens is 347 g/mol. The molecule has 128 valence electrons. The molecule has 2 aromatic carbocycles. The molecule has 3 aromatic rings. The van der Waals surface area contributed by atoms with Gasteiger partial charge in [-0.25, -0.2) is 9.98 Å². The molecule has 25 heavy (non-hydrogen) atoms. The van der Waals surface area contributed by atoms with Crippen LogP contribution in [0.2, 0.25) is 0 Å². The molecule has 0 aliphatic carbocycles. The molecule has 0 amide bonds. The topological polar surface area (TPSA) is 51.3 Å². The molecule has 1 heterocycles. The van der Waals surface area contributed by atoms with Crippen molar-refractivity contribution >= 4 is 22.9 Å². The summed E-state index contributed by atoms with van der Waals surface area (Å²) in [5.41, 5.74) is 7.29. The number of aromatic nitrogens is 1. The first-order valence-electron chi connectivity index (χ1n) is 7.38. The van der Waals surface area contributed by atoms with E-state index < -0.39 is 11.7 Å². The molecule has 3 nitrogen and oxygen atoms in total. The summed E-state index contributed by atoms with van der Waals surface area (Å²) in [6, 6.07) is 12.2. The maximum Gasteiger partial charge on any atom is 0.416 e. The number of benzene rings is 2. The predicted molar refractivity (Wildman–Crippen MR) is 94.1 cm³/mol. The van der Waals surface area contributed by atoms with Crippen LogP contribution < -0.4 is 5.73 Å². The van der Waals surface area contributed by atoms with Gasteiger partial charge in [0.2, 0.25) is 0 Å². The van der Waals surface area contributed by atoms with E-state index in [9.17, 15) is 13.2 Å². The second-order valence-corrected chi connectivity index (χ2v) is 6.57. The summed E-state index contributed by atoms with van der Waals surface area (Å²) in [6.07, 6.45) is -2.70. The van der Waals surface area contributed by atoms with E-state index in [2.05, 4.69) is 9.98 Å². The molecule has 0 atom stereocenters. The number of nitrogens with zero attached hydrogens (tertiary/aromatic N) is 2. The number of halogens is 3. The number of nitrogens with two attached hydrogens (primary N) is 1. The average Bonchev–Trinajstić information content (AvgIpc) is 3.01. The van der Waals surface area contributed by atoms with Crippen molar-refractivity contribution in [3.8, 4) is 11.1 Å². The number of aryl methyl sites for hydroxylation is 1. The summed E-state index contributed by atoms with van der Waals surface area (Å²) < 4.78 is 38.2. The highest BCUT2D eigenvalue weighted by molar-refractivity contribution is 7.13. The third-order valence-corrected chi connectivity index (χ3v) is 4.48. The van der Waals surface area contributed by atoms with Crippen molar-refractivity contribution in [2.75, 3.05) is 0 Å². The number of rotatable bonds is 3. The van der Waals surface area contributed by atoms with Crippen molar-refractivity contribution in [3.63, 3.8) is 0 Å². The summed E-state index contributed by atoms with van der Waals surface area (Å²) in [7, 11) is 0. The molecule has 3 rings (SSSR count). The van der Waals surface area contributed by atoms with Gasteiger partial charge in [0.1, 0.15) is 5.84 Å². The minimum absolute atomic E-state index is 0.324. The summed E-state index contributed by atoms with van der Waals surface area (Å²) in [5.74, 6) is 0.324. The van der Waals surface area contributed by atoms with Crippen LogP contribution in [0.5, 0.6) is 0 Å². The van der Waals surface area contributed by atoms with Crippen LogP contribution >= 0.6 is 11.3 Å². The quantitative estimate of drug-likeness (QED) is 0.516. The fraction of sp³-hybridized carbons (Fsp3) is 0.111. The van der Waals surface area contributed by atoms with E-state index in [0.29, 0.717) is 22.6 Å². The normalized spacial score (nSPS) is 12.4. The molecule has 0 fully saturated rings. The number of para-hydroxylation sites is 1. The minimum atomic E-state index is -4.36. The van der Waals surface area contributed by atoms with Gasteiger partial charge in [-0.2, -0.15) is 13.2 Å². The zero-order valence-electron chi connectivity index (χ0n) is 13.2. The first kappa shape index (κ1) is 17.2. The van der Waals surface area contributed by atoms with Crippen molar-refractivity contribution in [1.82, 2.24) is 4.98 Å². The highest BCUT2D eigenvalue weighted by Gasteiger charge is 2.30. The molecule has 0 bridgehead atoms. The van der Waals surface area contributed by atoms with Gasteiger partial charge in [-0.1, -0.05) is 30.3 Å². The van der Waals surface area contributed by atoms with E-state index in [4.69, 9.17) is 5.73 Å². The Morgan fingerprint density at radius 3 is 2.36 bits per heavy atom. The third-order valence-electron chi connectivity index (χ3n) is 3.54. The molecule has 0 aliphatic rings. The molecular formula is C18H14F3N3S. The van der Waals surface area contributed by atoms with Crippen LogP contribution in [-0.2, 0) is 6.18 Å². The Hall–Kier alpha value is -2.67. The number of thiazole rings is 1. The molecule has 2 N–H and O–H groups in total. The Morgan fingerprint density at radius 1 is 1.08 bits per heavy atom. The van der Waals surface area contributed by atoms with Gasteiger partial charge >= 0.3 is 6.18 Å². The fourth-order valence-electron chi connectivity index (χ4n) is 2.32. The second kappa shape index (κ2) is 6.68. The van der Waals surface area contributed by atoms with Gasteiger partial charge in [-0.15, -0.1) is 11.3 Å². The fourth-order valence-corrected chi connectivity index (χ4v) is 3.00. The second-order valence-electron chi connectivity index (χ2n) is 5.33. The maximum absolute atomic E-state index is 12.7. The number of hydrogen-bond acceptors (Lipinski definition) is 3. The lowest BCUT2D eigenvalue weighted by atomic mass is 10.0. The number of alkyl halides is 3. The molecule has 0 radical (unpaired) electrons. The molecule has 0 spiro atoms. The van der Waals surface area contributed by atoms with Gasteiger partial charge in [0, 0.05) is 11.8 Å². The van der Waals surface area contributed by atoms with Gasteiger partial charge in [0.05, 0.1) is 21.1 Å². The molecule has 0 saturated heterocycles. The van der Waals surface area contributed by atoms with E-state index in [-0.39, 0.29) is 0 Å². The average molecular weight is 361 g/mol. The highest BCUT2D eigenvalue weighted by Crippen LogP contribution is 2.34. The molecule has 7 heteroatoms. The van der Waals surface area contributed by atoms with Crippen LogP contribution in [-0.4, -0.2) is 10.8 Å². The largest absolute Gasteiger partial charge is 0.416 e. The molecule has 1 aromatic heterocycles. The first-order valence-corrected chi connectivity index (χ1v) is 8.20. The van der Waals surface area contributed by atoms with Crippen LogP contribution in [0.4, 0.5) is 18.9 Å². The van der Waals surface area contributed by atoms with Crippen LogP contribution in [0.3, 0.4) is 0 Å². The summed E-state index contributed by atoms with van der Waals surface area (Å²) in [6.45, 7) is 1.87.